The number of guanidine groups is 1. The fraction of sp³-hybridized carbons (Fsp3) is 0.412. The van der Waals surface area contributed by atoms with Crippen LogP contribution in [0.5, 0.6) is 0 Å². The second-order valence-electron chi connectivity index (χ2n) is 5.25. The number of rotatable bonds is 6. The van der Waals surface area contributed by atoms with Gasteiger partial charge in [-0.1, -0.05) is 37.3 Å². The van der Waals surface area contributed by atoms with Crippen LogP contribution in [0.25, 0.3) is 0 Å². The Morgan fingerprint density at radius 1 is 1.26 bits per heavy atom. The Morgan fingerprint density at radius 2 is 2.00 bits per heavy atom. The van der Waals surface area contributed by atoms with Crippen molar-refractivity contribution in [3.05, 3.63) is 52.0 Å². The molecule has 2 N–H and O–H groups in total. The Bertz CT molecular complexity index is 598. The lowest BCUT2D eigenvalue weighted by molar-refractivity contribution is 0.699. The molecule has 0 saturated carbocycles. The van der Waals surface area contributed by atoms with Gasteiger partial charge in [-0.15, -0.1) is 35.3 Å². The van der Waals surface area contributed by atoms with Gasteiger partial charge in [0.2, 0.25) is 0 Å². The second kappa shape index (κ2) is 10.6. The molecule has 0 radical (unpaired) electrons. The van der Waals surface area contributed by atoms with Crippen LogP contribution in [0.1, 0.15) is 35.2 Å². The van der Waals surface area contributed by atoms with E-state index >= 15 is 0 Å². The number of aromatic nitrogens is 1. The van der Waals surface area contributed by atoms with Crippen LogP contribution in [0.4, 0.5) is 0 Å². The van der Waals surface area contributed by atoms with Gasteiger partial charge < -0.3 is 10.6 Å². The van der Waals surface area contributed by atoms with E-state index in [1.807, 2.05) is 12.3 Å². The predicted octanol–water partition coefficient (Wildman–Crippen LogP) is 3.93. The molecule has 1 unspecified atom stereocenters. The zero-order valence-corrected chi connectivity index (χ0v) is 17.0. The Morgan fingerprint density at radius 3 is 2.61 bits per heavy atom. The van der Waals surface area contributed by atoms with E-state index in [1.165, 1.54) is 10.4 Å². The van der Waals surface area contributed by atoms with Crippen LogP contribution in [0.2, 0.25) is 0 Å². The molecule has 0 fully saturated rings. The molecule has 1 heterocycles. The number of aryl methyl sites for hydroxylation is 1. The van der Waals surface area contributed by atoms with Gasteiger partial charge in [-0.25, -0.2) is 9.98 Å². The van der Waals surface area contributed by atoms with Crippen LogP contribution < -0.4 is 10.6 Å². The molecule has 2 aromatic rings. The minimum absolute atomic E-state index is 0. The summed E-state index contributed by atoms with van der Waals surface area (Å²) in [4.78, 5) is 10.2. The summed E-state index contributed by atoms with van der Waals surface area (Å²) in [6.45, 7) is 8.68. The van der Waals surface area contributed by atoms with Gasteiger partial charge in [0.1, 0.15) is 5.01 Å². The van der Waals surface area contributed by atoms with Gasteiger partial charge >= 0.3 is 0 Å². The molecule has 4 nitrogen and oxygen atoms in total. The molecular formula is C17H25IN4S. The molecule has 1 aromatic heterocycles. The van der Waals surface area contributed by atoms with Gasteiger partial charge in [-0.2, -0.15) is 0 Å². The average molecular weight is 444 g/mol. The van der Waals surface area contributed by atoms with Crippen molar-refractivity contribution in [2.24, 2.45) is 4.99 Å². The van der Waals surface area contributed by atoms with E-state index in [0.29, 0.717) is 12.5 Å². The number of aliphatic imine (C=N–C) groups is 1. The molecule has 1 aromatic carbocycles. The summed E-state index contributed by atoms with van der Waals surface area (Å²) >= 11 is 1.70. The van der Waals surface area contributed by atoms with E-state index in [4.69, 9.17) is 0 Å². The van der Waals surface area contributed by atoms with E-state index in [9.17, 15) is 0 Å². The molecule has 0 bridgehead atoms. The van der Waals surface area contributed by atoms with E-state index in [2.05, 4.69) is 65.6 Å². The number of benzene rings is 1. The highest BCUT2D eigenvalue weighted by Crippen LogP contribution is 2.13. The smallest absolute Gasteiger partial charge is 0.191 e. The van der Waals surface area contributed by atoms with Crippen molar-refractivity contribution in [3.63, 3.8) is 0 Å². The number of thiazole rings is 1. The molecule has 23 heavy (non-hydrogen) atoms. The van der Waals surface area contributed by atoms with Crippen LogP contribution in [-0.4, -0.2) is 24.0 Å². The third-order valence-electron chi connectivity index (χ3n) is 3.33. The quantitative estimate of drug-likeness (QED) is 0.403. The van der Waals surface area contributed by atoms with Crippen molar-refractivity contribution < 1.29 is 0 Å². The molecule has 0 aliphatic heterocycles. The van der Waals surface area contributed by atoms with E-state index in [1.54, 1.807) is 11.3 Å². The van der Waals surface area contributed by atoms with Crippen molar-refractivity contribution in [3.8, 4) is 0 Å². The normalized spacial score (nSPS) is 12.4. The summed E-state index contributed by atoms with van der Waals surface area (Å²) in [5, 5.41) is 7.74. The summed E-state index contributed by atoms with van der Waals surface area (Å²) < 4.78 is 0. The minimum atomic E-state index is 0. The Labute approximate surface area is 159 Å². The predicted molar refractivity (Wildman–Crippen MR) is 110 cm³/mol. The largest absolute Gasteiger partial charge is 0.357 e. The zero-order chi connectivity index (χ0) is 15.8. The van der Waals surface area contributed by atoms with Gasteiger partial charge in [0.25, 0.3) is 0 Å². The summed E-state index contributed by atoms with van der Waals surface area (Å²) in [5.74, 6) is 1.28. The van der Waals surface area contributed by atoms with Crippen molar-refractivity contribution in [2.75, 3.05) is 13.1 Å². The number of nitrogens with zero attached hydrogens (tertiary/aromatic N) is 2. The SMILES string of the molecule is CCNC(=NCc1ncc(C)s1)NCC(C)c1ccccc1.I. The number of nitrogens with one attached hydrogen (secondary N) is 2. The van der Waals surface area contributed by atoms with Crippen molar-refractivity contribution in [1.29, 1.82) is 0 Å². The summed E-state index contributed by atoms with van der Waals surface area (Å²) in [7, 11) is 0. The van der Waals surface area contributed by atoms with Crippen LogP contribution in [-0.2, 0) is 6.54 Å². The summed E-state index contributed by atoms with van der Waals surface area (Å²) in [6, 6.07) is 10.5. The molecular weight excluding hydrogens is 419 g/mol. The van der Waals surface area contributed by atoms with Crippen LogP contribution in [0, 0.1) is 6.92 Å². The van der Waals surface area contributed by atoms with E-state index in [0.717, 1.165) is 24.1 Å². The molecule has 126 valence electrons. The number of hydrogen-bond donors (Lipinski definition) is 2. The van der Waals surface area contributed by atoms with Crippen molar-refractivity contribution in [2.45, 2.75) is 33.2 Å². The standard InChI is InChI=1S/C17H24N4S.HI/c1-4-18-17(21-12-16-19-11-14(3)22-16)20-10-13(2)15-8-6-5-7-9-15;/h5-9,11,13H,4,10,12H2,1-3H3,(H2,18,20,21);1H. The van der Waals surface area contributed by atoms with Gasteiger partial charge in [-0.3, -0.25) is 0 Å². The van der Waals surface area contributed by atoms with E-state index in [-0.39, 0.29) is 24.0 Å². The van der Waals surface area contributed by atoms with Crippen LogP contribution >= 0.6 is 35.3 Å². The second-order valence-corrected chi connectivity index (χ2v) is 6.57. The maximum atomic E-state index is 4.61. The monoisotopic (exact) mass is 444 g/mol. The molecule has 0 saturated heterocycles. The lowest BCUT2D eigenvalue weighted by atomic mass is 10.0. The highest BCUT2D eigenvalue weighted by atomic mass is 127. The van der Waals surface area contributed by atoms with Gasteiger partial charge in [0, 0.05) is 24.2 Å². The molecule has 1 atom stereocenters. The van der Waals surface area contributed by atoms with Gasteiger partial charge in [0.05, 0.1) is 6.54 Å². The topological polar surface area (TPSA) is 49.3 Å². The molecule has 0 amide bonds. The Kier molecular flexibility index (Phi) is 9.16. The van der Waals surface area contributed by atoms with Gasteiger partial charge in [-0.05, 0) is 25.3 Å². The zero-order valence-electron chi connectivity index (χ0n) is 13.9. The molecule has 0 aliphatic rings. The fourth-order valence-corrected chi connectivity index (χ4v) is 2.82. The first-order valence-corrected chi connectivity index (χ1v) is 8.49. The Hall–Kier alpha value is -1.15. The van der Waals surface area contributed by atoms with Crippen molar-refractivity contribution in [1.82, 2.24) is 15.6 Å². The molecule has 6 heteroatoms. The number of hydrogen-bond acceptors (Lipinski definition) is 3. The van der Waals surface area contributed by atoms with Crippen LogP contribution in [0.3, 0.4) is 0 Å². The Balaban J connectivity index is 0.00000264. The first-order chi connectivity index (χ1) is 10.7. The maximum Gasteiger partial charge on any atom is 0.191 e. The van der Waals surface area contributed by atoms with Crippen LogP contribution in [0.15, 0.2) is 41.5 Å². The molecule has 0 spiro atoms. The summed E-state index contributed by atoms with van der Waals surface area (Å²) in [5.41, 5.74) is 1.33. The lowest BCUT2D eigenvalue weighted by Gasteiger charge is -2.16. The molecule has 2 rings (SSSR count). The highest BCUT2D eigenvalue weighted by molar-refractivity contribution is 14.0. The third kappa shape index (κ3) is 6.87. The average Bonchev–Trinajstić information content (AvgIpc) is 2.96. The first kappa shape index (κ1) is 19.9. The summed E-state index contributed by atoms with van der Waals surface area (Å²) in [6.07, 6.45) is 1.90. The maximum absolute atomic E-state index is 4.61. The van der Waals surface area contributed by atoms with Crippen molar-refractivity contribution >= 4 is 41.3 Å². The minimum Gasteiger partial charge on any atom is -0.357 e. The lowest BCUT2D eigenvalue weighted by Crippen LogP contribution is -2.39. The van der Waals surface area contributed by atoms with E-state index < -0.39 is 0 Å². The first-order valence-electron chi connectivity index (χ1n) is 7.67. The molecule has 0 aliphatic carbocycles. The fourth-order valence-electron chi connectivity index (χ4n) is 2.11. The third-order valence-corrected chi connectivity index (χ3v) is 4.23. The van der Waals surface area contributed by atoms with Gasteiger partial charge in [0.15, 0.2) is 5.96 Å². The highest BCUT2D eigenvalue weighted by Gasteiger charge is 2.06. The number of halogens is 1.